The average Bonchev–Trinajstić information content (AvgIpc) is 3.05. The molecule has 2 aliphatic rings. The van der Waals surface area contributed by atoms with Crippen LogP contribution in [-0.2, 0) is 15.1 Å². The molecule has 9 heteroatoms. The maximum atomic E-state index is 13.2. The Morgan fingerprint density at radius 1 is 1.12 bits per heavy atom. The van der Waals surface area contributed by atoms with Gasteiger partial charge in [-0.2, -0.15) is 0 Å². The molecule has 2 unspecified atom stereocenters. The molecule has 34 heavy (non-hydrogen) atoms. The standard InChI is InChI=1S/C25H29N3O6/c1-15(2)22(16-5-10-19-20(13-16)34-12-11-33-19)26-21(29)14-28-23(30)25(3,27-24(28)31)17-6-8-18(32-4)9-7-17/h5-10,13,15,22H,11-12,14H2,1-4H3,(H,26,29)(H,27,31). The maximum absolute atomic E-state index is 13.2. The van der Waals surface area contributed by atoms with Gasteiger partial charge < -0.3 is 24.8 Å². The van der Waals surface area contributed by atoms with Gasteiger partial charge in [0, 0.05) is 0 Å². The smallest absolute Gasteiger partial charge is 0.325 e. The van der Waals surface area contributed by atoms with Crippen molar-refractivity contribution in [1.29, 1.82) is 0 Å². The van der Waals surface area contributed by atoms with Gasteiger partial charge in [-0.25, -0.2) is 4.79 Å². The summed E-state index contributed by atoms with van der Waals surface area (Å²) in [4.78, 5) is 39.7. The van der Waals surface area contributed by atoms with Crippen molar-refractivity contribution in [3.8, 4) is 17.2 Å². The minimum absolute atomic E-state index is 0.0548. The van der Waals surface area contributed by atoms with Crippen molar-refractivity contribution in [3.63, 3.8) is 0 Å². The molecule has 2 aromatic rings. The van der Waals surface area contributed by atoms with Crippen LogP contribution in [0.2, 0.25) is 0 Å². The summed E-state index contributed by atoms with van der Waals surface area (Å²) in [7, 11) is 1.55. The number of hydrogen-bond acceptors (Lipinski definition) is 6. The number of urea groups is 1. The van der Waals surface area contributed by atoms with E-state index in [9.17, 15) is 14.4 Å². The first-order chi connectivity index (χ1) is 16.2. The number of amides is 4. The Bertz CT molecular complexity index is 1100. The molecular formula is C25H29N3O6. The zero-order valence-electron chi connectivity index (χ0n) is 19.7. The van der Waals surface area contributed by atoms with Gasteiger partial charge in [0.1, 0.15) is 31.0 Å². The largest absolute Gasteiger partial charge is 0.497 e. The zero-order valence-corrected chi connectivity index (χ0v) is 19.7. The molecule has 2 aromatic carbocycles. The molecule has 0 aliphatic carbocycles. The molecule has 0 aromatic heterocycles. The molecule has 180 valence electrons. The van der Waals surface area contributed by atoms with Crippen molar-refractivity contribution in [2.45, 2.75) is 32.4 Å². The van der Waals surface area contributed by atoms with Crippen LogP contribution in [0, 0.1) is 5.92 Å². The second-order valence-electron chi connectivity index (χ2n) is 8.87. The van der Waals surface area contributed by atoms with E-state index in [4.69, 9.17) is 14.2 Å². The van der Waals surface area contributed by atoms with Gasteiger partial charge in [0.2, 0.25) is 5.91 Å². The van der Waals surface area contributed by atoms with Crippen molar-refractivity contribution in [2.24, 2.45) is 5.92 Å². The first-order valence-electron chi connectivity index (χ1n) is 11.2. The normalized spacial score (nSPS) is 20.2. The molecular weight excluding hydrogens is 438 g/mol. The molecule has 2 aliphatic heterocycles. The number of carbonyl (C=O) groups excluding carboxylic acids is 3. The van der Waals surface area contributed by atoms with Crippen LogP contribution in [-0.4, -0.2) is 49.6 Å². The first kappa shape index (κ1) is 23.4. The molecule has 2 N–H and O–H groups in total. The number of fused-ring (bicyclic) bond motifs is 1. The third-order valence-corrected chi connectivity index (χ3v) is 6.15. The highest BCUT2D eigenvalue weighted by molar-refractivity contribution is 6.09. The lowest BCUT2D eigenvalue weighted by Crippen LogP contribution is -2.44. The fourth-order valence-electron chi connectivity index (χ4n) is 4.21. The number of rotatable bonds is 7. The summed E-state index contributed by atoms with van der Waals surface area (Å²) in [6.07, 6.45) is 0. The van der Waals surface area contributed by atoms with E-state index in [2.05, 4.69) is 10.6 Å². The molecule has 9 nitrogen and oxygen atoms in total. The van der Waals surface area contributed by atoms with Crippen LogP contribution in [0.4, 0.5) is 4.79 Å². The first-order valence-corrected chi connectivity index (χ1v) is 11.2. The summed E-state index contributed by atoms with van der Waals surface area (Å²) < 4.78 is 16.4. The summed E-state index contributed by atoms with van der Waals surface area (Å²) in [5.41, 5.74) is 0.190. The van der Waals surface area contributed by atoms with Crippen LogP contribution >= 0.6 is 0 Å². The Balaban J connectivity index is 1.47. The Morgan fingerprint density at radius 3 is 2.44 bits per heavy atom. The van der Waals surface area contributed by atoms with E-state index < -0.39 is 23.4 Å². The van der Waals surface area contributed by atoms with E-state index in [0.717, 1.165) is 10.5 Å². The number of ether oxygens (including phenoxy) is 3. The van der Waals surface area contributed by atoms with Crippen LogP contribution in [0.1, 0.15) is 37.9 Å². The fourth-order valence-corrected chi connectivity index (χ4v) is 4.21. The molecule has 0 spiro atoms. The van der Waals surface area contributed by atoms with Crippen LogP contribution in [0.3, 0.4) is 0 Å². The van der Waals surface area contributed by atoms with Crippen molar-refractivity contribution >= 4 is 17.8 Å². The number of imide groups is 1. The lowest BCUT2D eigenvalue weighted by atomic mass is 9.92. The molecule has 1 saturated heterocycles. The van der Waals surface area contributed by atoms with Gasteiger partial charge in [0.05, 0.1) is 13.2 Å². The summed E-state index contributed by atoms with van der Waals surface area (Å²) in [5.74, 6) is 1.07. The van der Waals surface area contributed by atoms with Crippen LogP contribution in [0.25, 0.3) is 0 Å². The second kappa shape index (κ2) is 9.24. The highest BCUT2D eigenvalue weighted by Gasteiger charge is 2.49. The maximum Gasteiger partial charge on any atom is 0.325 e. The minimum Gasteiger partial charge on any atom is -0.497 e. The van der Waals surface area contributed by atoms with Crippen molar-refractivity contribution < 1.29 is 28.6 Å². The number of hydrogen-bond donors (Lipinski definition) is 2. The number of benzene rings is 2. The quantitative estimate of drug-likeness (QED) is 0.607. The van der Waals surface area contributed by atoms with Gasteiger partial charge >= 0.3 is 6.03 Å². The highest BCUT2D eigenvalue weighted by atomic mass is 16.6. The summed E-state index contributed by atoms with van der Waals surface area (Å²) in [5, 5.41) is 5.68. The molecule has 0 saturated carbocycles. The Kier molecular flexibility index (Phi) is 6.37. The predicted octanol–water partition coefficient (Wildman–Crippen LogP) is 2.75. The van der Waals surface area contributed by atoms with E-state index in [1.807, 2.05) is 32.0 Å². The van der Waals surface area contributed by atoms with Crippen LogP contribution < -0.4 is 24.8 Å². The van der Waals surface area contributed by atoms with Gasteiger partial charge in [-0.3, -0.25) is 14.5 Å². The lowest BCUT2D eigenvalue weighted by Gasteiger charge is -2.26. The third-order valence-electron chi connectivity index (χ3n) is 6.15. The molecule has 0 radical (unpaired) electrons. The average molecular weight is 468 g/mol. The zero-order chi connectivity index (χ0) is 24.5. The lowest BCUT2D eigenvalue weighted by molar-refractivity contribution is -0.135. The number of carbonyl (C=O) groups is 3. The molecule has 2 heterocycles. The molecule has 0 bridgehead atoms. The Morgan fingerprint density at radius 2 is 1.79 bits per heavy atom. The van der Waals surface area contributed by atoms with Gasteiger partial charge in [-0.15, -0.1) is 0 Å². The third kappa shape index (κ3) is 4.37. The predicted molar refractivity (Wildman–Crippen MR) is 124 cm³/mol. The van der Waals surface area contributed by atoms with Gasteiger partial charge in [-0.1, -0.05) is 32.0 Å². The number of nitrogens with one attached hydrogen (secondary N) is 2. The monoisotopic (exact) mass is 467 g/mol. The number of nitrogens with zero attached hydrogens (tertiary/aromatic N) is 1. The summed E-state index contributed by atoms with van der Waals surface area (Å²) in [6.45, 7) is 6.17. The highest BCUT2D eigenvalue weighted by Crippen LogP contribution is 2.34. The van der Waals surface area contributed by atoms with Crippen molar-refractivity contribution in [2.75, 3.05) is 26.9 Å². The molecule has 2 atom stereocenters. The SMILES string of the molecule is COc1ccc(C2(C)NC(=O)N(CC(=O)NC(c3ccc4c(c3)OCCO4)C(C)C)C2=O)cc1. The van der Waals surface area contributed by atoms with Gasteiger partial charge in [0.25, 0.3) is 5.91 Å². The topological polar surface area (TPSA) is 106 Å². The van der Waals surface area contributed by atoms with Crippen molar-refractivity contribution in [3.05, 3.63) is 53.6 Å². The Hall–Kier alpha value is -3.75. The number of methoxy groups -OCH3 is 1. The Labute approximate surface area is 198 Å². The second-order valence-corrected chi connectivity index (χ2v) is 8.87. The summed E-state index contributed by atoms with van der Waals surface area (Å²) in [6, 6.07) is 11.5. The van der Waals surface area contributed by atoms with E-state index >= 15 is 0 Å². The molecule has 4 rings (SSSR count). The summed E-state index contributed by atoms with van der Waals surface area (Å²) >= 11 is 0. The van der Waals surface area contributed by atoms with Gasteiger partial charge in [-0.05, 0) is 48.2 Å². The molecule has 4 amide bonds. The van der Waals surface area contributed by atoms with E-state index in [1.54, 1.807) is 38.3 Å². The fraction of sp³-hybridized carbons (Fsp3) is 0.400. The molecule has 1 fully saturated rings. The van der Waals surface area contributed by atoms with Crippen LogP contribution in [0.15, 0.2) is 42.5 Å². The minimum atomic E-state index is -1.27. The van der Waals surface area contributed by atoms with Crippen molar-refractivity contribution in [1.82, 2.24) is 15.5 Å². The van der Waals surface area contributed by atoms with E-state index in [-0.39, 0.29) is 18.5 Å². The van der Waals surface area contributed by atoms with E-state index in [0.29, 0.717) is 36.0 Å². The van der Waals surface area contributed by atoms with Gasteiger partial charge in [0.15, 0.2) is 11.5 Å². The van der Waals surface area contributed by atoms with Crippen LogP contribution in [0.5, 0.6) is 17.2 Å². The van der Waals surface area contributed by atoms with E-state index in [1.165, 1.54) is 0 Å².